The molecule has 2 aliphatic rings. The molecule has 2 aliphatic heterocycles. The Morgan fingerprint density at radius 2 is 1.95 bits per heavy atom. The van der Waals surface area contributed by atoms with Gasteiger partial charge >= 0.3 is 6.09 Å². The molecule has 22 heavy (non-hydrogen) atoms. The predicted octanol–water partition coefficient (Wildman–Crippen LogP) is 2.74. The maximum atomic E-state index is 11.9. The standard InChI is InChI=1S/C17H23ClN2O2/c18-14-6-8-15(9-7-14)19-17(21)22-12-13-4-3-11-20-10-2-1-5-16(13)20/h6-9,13,16H,1-5,10-12H2,(H,19,21)/p+1/t13-,16+/m0/s1. The van der Waals surface area contributed by atoms with Crippen molar-refractivity contribution in [2.24, 2.45) is 5.92 Å². The fraction of sp³-hybridized carbons (Fsp3) is 0.588. The first-order valence-corrected chi connectivity index (χ1v) is 8.64. The first-order chi connectivity index (χ1) is 10.7. The highest BCUT2D eigenvalue weighted by atomic mass is 35.5. The second-order valence-corrected chi connectivity index (χ2v) is 6.83. The second-order valence-electron chi connectivity index (χ2n) is 6.39. The van der Waals surface area contributed by atoms with Crippen LogP contribution >= 0.6 is 11.6 Å². The summed E-state index contributed by atoms with van der Waals surface area (Å²) in [5, 5.41) is 3.41. The molecule has 2 heterocycles. The number of rotatable bonds is 3. The number of hydrogen-bond acceptors (Lipinski definition) is 2. The van der Waals surface area contributed by atoms with E-state index in [1.54, 1.807) is 29.2 Å². The van der Waals surface area contributed by atoms with Gasteiger partial charge in [0.25, 0.3) is 0 Å². The van der Waals surface area contributed by atoms with Crippen LogP contribution in [0.15, 0.2) is 24.3 Å². The Kier molecular flexibility index (Phi) is 5.21. The minimum atomic E-state index is -0.370. The lowest BCUT2D eigenvalue weighted by atomic mass is 9.84. The van der Waals surface area contributed by atoms with Crippen molar-refractivity contribution in [2.45, 2.75) is 38.1 Å². The Hall–Kier alpha value is -1.26. The van der Waals surface area contributed by atoms with Gasteiger partial charge in [0.2, 0.25) is 0 Å². The first kappa shape index (κ1) is 15.6. The number of halogens is 1. The predicted molar refractivity (Wildman–Crippen MR) is 87.5 cm³/mol. The van der Waals surface area contributed by atoms with Crippen LogP contribution in [-0.2, 0) is 4.74 Å². The number of benzene rings is 1. The largest absolute Gasteiger partial charge is 0.449 e. The van der Waals surface area contributed by atoms with Gasteiger partial charge in [-0.1, -0.05) is 11.6 Å². The van der Waals surface area contributed by atoms with Gasteiger partial charge in [-0.2, -0.15) is 0 Å². The average molecular weight is 324 g/mol. The van der Waals surface area contributed by atoms with E-state index in [-0.39, 0.29) is 6.09 Å². The highest BCUT2D eigenvalue weighted by molar-refractivity contribution is 6.30. The van der Waals surface area contributed by atoms with Crippen LogP contribution in [0.1, 0.15) is 32.1 Å². The lowest BCUT2D eigenvalue weighted by Gasteiger charge is -2.40. The van der Waals surface area contributed by atoms with Crippen LogP contribution in [0.2, 0.25) is 5.02 Å². The molecule has 3 rings (SSSR count). The topological polar surface area (TPSA) is 42.8 Å². The molecule has 120 valence electrons. The van der Waals surface area contributed by atoms with Gasteiger partial charge in [-0.3, -0.25) is 5.32 Å². The molecule has 2 saturated heterocycles. The molecule has 0 aromatic heterocycles. The van der Waals surface area contributed by atoms with Crippen LogP contribution in [0.25, 0.3) is 0 Å². The van der Waals surface area contributed by atoms with E-state index in [1.165, 1.54) is 45.2 Å². The first-order valence-electron chi connectivity index (χ1n) is 8.26. The van der Waals surface area contributed by atoms with Gasteiger partial charge in [0.15, 0.2) is 0 Å². The Balaban J connectivity index is 1.48. The highest BCUT2D eigenvalue weighted by Gasteiger charge is 2.37. The van der Waals surface area contributed by atoms with Crippen molar-refractivity contribution in [1.82, 2.24) is 0 Å². The maximum Gasteiger partial charge on any atom is 0.411 e. The van der Waals surface area contributed by atoms with Crippen LogP contribution in [-0.4, -0.2) is 31.8 Å². The van der Waals surface area contributed by atoms with Crippen LogP contribution in [0.5, 0.6) is 0 Å². The van der Waals surface area contributed by atoms with Crippen molar-refractivity contribution in [3.8, 4) is 0 Å². The molecule has 2 N–H and O–H groups in total. The van der Waals surface area contributed by atoms with Crippen molar-refractivity contribution >= 4 is 23.4 Å². The number of hydrogen-bond donors (Lipinski definition) is 2. The van der Waals surface area contributed by atoms with Gasteiger partial charge in [0.05, 0.1) is 19.1 Å². The zero-order valence-corrected chi connectivity index (χ0v) is 13.6. The SMILES string of the molecule is O=C(Nc1ccc(Cl)cc1)OC[C@@H]1CCC[NH+]2CCCC[C@H]12. The number of fused-ring (bicyclic) bond motifs is 1. The van der Waals surface area contributed by atoms with Gasteiger partial charge in [0, 0.05) is 16.6 Å². The summed E-state index contributed by atoms with van der Waals surface area (Å²) >= 11 is 5.83. The molecule has 1 amide bonds. The van der Waals surface area contributed by atoms with Gasteiger partial charge in [-0.15, -0.1) is 0 Å². The second kappa shape index (κ2) is 7.34. The third kappa shape index (κ3) is 3.93. The van der Waals surface area contributed by atoms with E-state index in [0.29, 0.717) is 29.3 Å². The normalized spacial score (nSPS) is 27.8. The summed E-state index contributed by atoms with van der Waals surface area (Å²) in [6.07, 6.45) is 6.01. The number of carbonyl (C=O) groups excluding carboxylic acids is 1. The fourth-order valence-electron chi connectivity index (χ4n) is 3.85. The van der Waals surface area contributed by atoms with E-state index in [2.05, 4.69) is 5.32 Å². The Morgan fingerprint density at radius 3 is 2.77 bits per heavy atom. The maximum absolute atomic E-state index is 11.9. The quantitative estimate of drug-likeness (QED) is 0.898. The number of carbonyl (C=O) groups is 1. The summed E-state index contributed by atoms with van der Waals surface area (Å²) in [4.78, 5) is 13.7. The number of piperidine rings is 2. The van der Waals surface area contributed by atoms with E-state index in [1.807, 2.05) is 0 Å². The third-order valence-electron chi connectivity index (χ3n) is 4.95. The number of anilines is 1. The van der Waals surface area contributed by atoms with Crippen LogP contribution in [0, 0.1) is 5.92 Å². The summed E-state index contributed by atoms with van der Waals surface area (Å²) in [5.41, 5.74) is 0.711. The van der Waals surface area contributed by atoms with Crippen molar-refractivity contribution in [3.05, 3.63) is 29.3 Å². The van der Waals surface area contributed by atoms with E-state index < -0.39 is 0 Å². The number of quaternary nitrogens is 1. The lowest BCUT2D eigenvalue weighted by molar-refractivity contribution is -0.940. The zero-order chi connectivity index (χ0) is 15.4. The van der Waals surface area contributed by atoms with Crippen molar-refractivity contribution in [3.63, 3.8) is 0 Å². The number of nitrogens with one attached hydrogen (secondary N) is 2. The van der Waals surface area contributed by atoms with Gasteiger partial charge in [-0.25, -0.2) is 4.79 Å². The van der Waals surface area contributed by atoms with E-state index in [4.69, 9.17) is 16.3 Å². The van der Waals surface area contributed by atoms with Crippen molar-refractivity contribution in [1.29, 1.82) is 0 Å². The van der Waals surface area contributed by atoms with Crippen LogP contribution in [0.4, 0.5) is 10.5 Å². The summed E-state index contributed by atoms with van der Waals surface area (Å²) in [6.45, 7) is 3.11. The van der Waals surface area contributed by atoms with Crippen LogP contribution < -0.4 is 10.2 Å². The molecule has 0 saturated carbocycles. The van der Waals surface area contributed by atoms with Crippen molar-refractivity contribution in [2.75, 3.05) is 25.0 Å². The highest BCUT2D eigenvalue weighted by Crippen LogP contribution is 2.21. The monoisotopic (exact) mass is 323 g/mol. The molecule has 0 aliphatic carbocycles. The fourth-order valence-corrected chi connectivity index (χ4v) is 3.97. The summed E-state index contributed by atoms with van der Waals surface area (Å²) in [7, 11) is 0. The number of amides is 1. The van der Waals surface area contributed by atoms with Gasteiger partial charge < -0.3 is 9.64 Å². The molecule has 1 aromatic rings. The van der Waals surface area contributed by atoms with E-state index in [9.17, 15) is 4.79 Å². The molecular weight excluding hydrogens is 300 g/mol. The van der Waals surface area contributed by atoms with E-state index >= 15 is 0 Å². The molecule has 2 fully saturated rings. The molecular formula is C17H24ClN2O2+. The Bertz CT molecular complexity index is 504. The molecule has 0 spiro atoms. The smallest absolute Gasteiger partial charge is 0.411 e. The molecule has 5 heteroatoms. The lowest BCUT2D eigenvalue weighted by Crippen LogP contribution is -3.18. The summed E-state index contributed by atoms with van der Waals surface area (Å²) < 4.78 is 5.47. The minimum absolute atomic E-state index is 0.370. The number of ether oxygens (including phenoxy) is 1. The van der Waals surface area contributed by atoms with Crippen molar-refractivity contribution < 1.29 is 14.4 Å². The van der Waals surface area contributed by atoms with E-state index in [0.717, 1.165) is 0 Å². The minimum Gasteiger partial charge on any atom is -0.449 e. The Labute approximate surface area is 136 Å². The van der Waals surface area contributed by atoms with Gasteiger partial charge in [0.1, 0.15) is 6.61 Å². The average Bonchev–Trinajstić information content (AvgIpc) is 2.55. The Morgan fingerprint density at radius 1 is 1.18 bits per heavy atom. The summed E-state index contributed by atoms with van der Waals surface area (Å²) in [6, 6.07) is 7.74. The molecule has 0 bridgehead atoms. The zero-order valence-electron chi connectivity index (χ0n) is 12.8. The van der Waals surface area contributed by atoms with Gasteiger partial charge in [-0.05, 0) is 56.4 Å². The molecule has 3 atom stereocenters. The molecule has 1 unspecified atom stereocenters. The molecule has 4 nitrogen and oxygen atoms in total. The molecule has 1 aromatic carbocycles. The third-order valence-corrected chi connectivity index (χ3v) is 5.20. The van der Waals surface area contributed by atoms with Crippen LogP contribution in [0.3, 0.4) is 0 Å². The summed E-state index contributed by atoms with van der Waals surface area (Å²) in [5.74, 6) is 0.514. The molecule has 0 radical (unpaired) electrons.